The lowest BCUT2D eigenvalue weighted by molar-refractivity contribution is 0.0946. The van der Waals surface area contributed by atoms with Gasteiger partial charge in [-0.25, -0.2) is 23.5 Å². The molecule has 0 saturated carbocycles. The third-order valence-corrected chi connectivity index (χ3v) is 7.99. The van der Waals surface area contributed by atoms with Crippen LogP contribution in [0.2, 0.25) is 0 Å². The van der Waals surface area contributed by atoms with Gasteiger partial charge in [0.05, 0.1) is 4.90 Å². The van der Waals surface area contributed by atoms with Crippen molar-refractivity contribution in [3.8, 4) is 16.9 Å². The topological polar surface area (TPSA) is 148 Å². The molecular formula is C28H28N6O4S. The van der Waals surface area contributed by atoms with E-state index in [0.29, 0.717) is 35.0 Å². The number of primary sulfonamides is 1. The maximum Gasteiger partial charge on any atom is 0.251 e. The molecule has 1 amide bonds. The first kappa shape index (κ1) is 25.2. The summed E-state index contributed by atoms with van der Waals surface area (Å²) in [6, 6.07) is 16.0. The number of rotatable bonds is 6. The van der Waals surface area contributed by atoms with E-state index in [-0.39, 0.29) is 16.9 Å². The number of ether oxygens (including phenoxy) is 1. The molecule has 39 heavy (non-hydrogen) atoms. The predicted octanol–water partition coefficient (Wildman–Crippen LogP) is 3.10. The van der Waals surface area contributed by atoms with Crippen molar-refractivity contribution in [2.24, 2.45) is 5.14 Å². The summed E-state index contributed by atoms with van der Waals surface area (Å²) in [5, 5.41) is 15.4. The van der Waals surface area contributed by atoms with E-state index in [1.54, 1.807) is 18.3 Å². The summed E-state index contributed by atoms with van der Waals surface area (Å²) in [5.74, 6) is 0.975. The minimum atomic E-state index is -3.78. The Balaban J connectivity index is 1.42. The van der Waals surface area contributed by atoms with Crippen molar-refractivity contribution in [1.29, 1.82) is 0 Å². The number of amides is 1. The minimum Gasteiger partial charge on any atom is -0.487 e. The predicted molar refractivity (Wildman–Crippen MR) is 149 cm³/mol. The quantitative estimate of drug-likeness (QED) is 0.289. The zero-order valence-electron chi connectivity index (χ0n) is 21.1. The van der Waals surface area contributed by atoms with Gasteiger partial charge in [0.2, 0.25) is 16.0 Å². The van der Waals surface area contributed by atoms with Crippen LogP contribution in [0, 0.1) is 0 Å². The number of nitrogens with two attached hydrogens (primary N) is 1. The standard InChI is InChI=1S/C28H28N6O4S/c29-39(36,37)22-5-3-20(4-6-22)33-28-32-16-19-2-7-23(17-1-8-24-18(15-17)9-14-31-27(24)35)26(25(19)34-28)38-21-10-12-30-13-11-21/h1-8,15-16,21,30H,9-14H2,(H,31,35)(H2,29,36,37)(H,32,33,34). The first-order chi connectivity index (χ1) is 18.8. The van der Waals surface area contributed by atoms with E-state index in [1.807, 2.05) is 24.3 Å². The lowest BCUT2D eigenvalue weighted by atomic mass is 9.94. The fourth-order valence-corrected chi connectivity index (χ4v) is 5.53. The van der Waals surface area contributed by atoms with Gasteiger partial charge in [-0.15, -0.1) is 0 Å². The smallest absolute Gasteiger partial charge is 0.251 e. The van der Waals surface area contributed by atoms with Gasteiger partial charge in [0, 0.05) is 34.9 Å². The molecule has 0 radical (unpaired) electrons. The van der Waals surface area contributed by atoms with Crippen LogP contribution in [0.15, 0.2) is 65.7 Å². The number of benzene rings is 3. The van der Waals surface area contributed by atoms with Crippen molar-refractivity contribution >= 4 is 38.5 Å². The Morgan fingerprint density at radius 2 is 1.74 bits per heavy atom. The number of hydrogen-bond donors (Lipinski definition) is 4. The highest BCUT2D eigenvalue weighted by molar-refractivity contribution is 7.89. The highest BCUT2D eigenvalue weighted by Gasteiger charge is 2.22. The molecule has 5 N–H and O–H groups in total. The summed E-state index contributed by atoms with van der Waals surface area (Å²) in [4.78, 5) is 21.6. The largest absolute Gasteiger partial charge is 0.487 e. The number of sulfonamides is 1. The maximum absolute atomic E-state index is 12.3. The molecule has 0 aliphatic carbocycles. The molecule has 2 aliphatic heterocycles. The molecule has 0 bridgehead atoms. The molecule has 4 aromatic rings. The molecule has 1 fully saturated rings. The number of aromatic nitrogens is 2. The average molecular weight is 545 g/mol. The molecule has 11 heteroatoms. The molecule has 6 rings (SSSR count). The molecule has 3 heterocycles. The second kappa shape index (κ2) is 10.3. The van der Waals surface area contributed by atoms with Crippen molar-refractivity contribution in [3.63, 3.8) is 0 Å². The van der Waals surface area contributed by atoms with Gasteiger partial charge in [-0.3, -0.25) is 4.79 Å². The number of anilines is 2. The SMILES string of the molecule is NS(=O)(=O)c1ccc(Nc2ncc3ccc(-c4ccc5c(c4)CCNC5=O)c(OC4CCNCC4)c3n2)cc1. The summed E-state index contributed by atoms with van der Waals surface area (Å²) < 4.78 is 29.8. The van der Waals surface area contributed by atoms with E-state index in [2.05, 4.69) is 27.0 Å². The molecule has 0 atom stereocenters. The fraction of sp³-hybridized carbons (Fsp3) is 0.250. The van der Waals surface area contributed by atoms with Gasteiger partial charge in [-0.2, -0.15) is 0 Å². The molecule has 0 spiro atoms. The summed E-state index contributed by atoms with van der Waals surface area (Å²) in [6.07, 6.45) is 4.31. The van der Waals surface area contributed by atoms with E-state index in [1.165, 1.54) is 12.1 Å². The van der Waals surface area contributed by atoms with Crippen LogP contribution in [0.4, 0.5) is 11.6 Å². The Labute approximate surface area is 226 Å². The summed E-state index contributed by atoms with van der Waals surface area (Å²) in [7, 11) is -3.78. The van der Waals surface area contributed by atoms with Crippen molar-refractivity contribution < 1.29 is 17.9 Å². The Morgan fingerprint density at radius 1 is 0.974 bits per heavy atom. The summed E-state index contributed by atoms with van der Waals surface area (Å²) >= 11 is 0. The lowest BCUT2D eigenvalue weighted by Gasteiger charge is -2.26. The number of carbonyl (C=O) groups is 1. The second-order valence-electron chi connectivity index (χ2n) is 9.71. The first-order valence-electron chi connectivity index (χ1n) is 12.8. The van der Waals surface area contributed by atoms with Crippen LogP contribution < -0.4 is 25.8 Å². The second-order valence-corrected chi connectivity index (χ2v) is 11.3. The van der Waals surface area contributed by atoms with Crippen LogP contribution in [0.25, 0.3) is 22.0 Å². The van der Waals surface area contributed by atoms with Crippen LogP contribution in [0.5, 0.6) is 5.75 Å². The Hall–Kier alpha value is -4.06. The molecular weight excluding hydrogens is 516 g/mol. The van der Waals surface area contributed by atoms with Crippen LogP contribution in [0.1, 0.15) is 28.8 Å². The minimum absolute atomic E-state index is 0.0253. The molecule has 3 aromatic carbocycles. The molecule has 10 nitrogen and oxygen atoms in total. The van der Waals surface area contributed by atoms with Crippen LogP contribution in [0.3, 0.4) is 0 Å². The Kier molecular flexibility index (Phi) is 6.63. The maximum atomic E-state index is 12.3. The van der Waals surface area contributed by atoms with Gasteiger partial charge in [0.25, 0.3) is 5.91 Å². The van der Waals surface area contributed by atoms with Crippen LogP contribution >= 0.6 is 0 Å². The fourth-order valence-electron chi connectivity index (χ4n) is 5.01. The zero-order valence-corrected chi connectivity index (χ0v) is 21.9. The highest BCUT2D eigenvalue weighted by Crippen LogP contribution is 2.38. The first-order valence-corrected chi connectivity index (χ1v) is 14.4. The number of carbonyl (C=O) groups excluding carboxylic acids is 1. The Morgan fingerprint density at radius 3 is 2.51 bits per heavy atom. The average Bonchev–Trinajstić information content (AvgIpc) is 2.94. The Bertz CT molecular complexity index is 1670. The van der Waals surface area contributed by atoms with E-state index < -0.39 is 10.0 Å². The van der Waals surface area contributed by atoms with E-state index in [9.17, 15) is 13.2 Å². The monoisotopic (exact) mass is 544 g/mol. The van der Waals surface area contributed by atoms with Crippen LogP contribution in [-0.2, 0) is 16.4 Å². The molecule has 1 aromatic heterocycles. The van der Waals surface area contributed by atoms with Crippen molar-refractivity contribution in [3.05, 3.63) is 71.9 Å². The number of hydrogen-bond acceptors (Lipinski definition) is 8. The summed E-state index contributed by atoms with van der Waals surface area (Å²) in [5.41, 5.74) is 4.86. The zero-order chi connectivity index (χ0) is 27.0. The highest BCUT2D eigenvalue weighted by atomic mass is 32.2. The van der Waals surface area contributed by atoms with Crippen molar-refractivity contribution in [1.82, 2.24) is 20.6 Å². The molecule has 200 valence electrons. The van der Waals surface area contributed by atoms with E-state index >= 15 is 0 Å². The van der Waals surface area contributed by atoms with E-state index in [0.717, 1.165) is 54.4 Å². The summed E-state index contributed by atoms with van der Waals surface area (Å²) in [6.45, 7) is 2.38. The van der Waals surface area contributed by atoms with Gasteiger partial charge < -0.3 is 20.7 Å². The number of nitrogens with one attached hydrogen (secondary N) is 3. The van der Waals surface area contributed by atoms with Gasteiger partial charge in [0.1, 0.15) is 11.6 Å². The van der Waals surface area contributed by atoms with Gasteiger partial charge >= 0.3 is 0 Å². The number of fused-ring (bicyclic) bond motifs is 2. The van der Waals surface area contributed by atoms with Crippen LogP contribution in [-0.4, -0.2) is 50.0 Å². The third-order valence-electron chi connectivity index (χ3n) is 7.06. The third kappa shape index (κ3) is 5.29. The van der Waals surface area contributed by atoms with Crippen molar-refractivity contribution in [2.75, 3.05) is 25.0 Å². The van der Waals surface area contributed by atoms with Gasteiger partial charge in [0.15, 0.2) is 5.75 Å². The normalized spacial score (nSPS) is 16.0. The van der Waals surface area contributed by atoms with Gasteiger partial charge in [-0.1, -0.05) is 18.2 Å². The number of piperidine rings is 1. The van der Waals surface area contributed by atoms with E-state index in [4.69, 9.17) is 14.9 Å². The van der Waals surface area contributed by atoms with Gasteiger partial charge in [-0.05, 0) is 79.9 Å². The van der Waals surface area contributed by atoms with Crippen molar-refractivity contribution in [2.45, 2.75) is 30.3 Å². The molecule has 0 unspecified atom stereocenters. The lowest BCUT2D eigenvalue weighted by Crippen LogP contribution is -2.34. The number of nitrogens with zero attached hydrogens (tertiary/aromatic N) is 2. The molecule has 2 aliphatic rings. The molecule has 1 saturated heterocycles.